The summed E-state index contributed by atoms with van der Waals surface area (Å²) in [6, 6.07) is 8.71. The van der Waals surface area contributed by atoms with Crippen molar-refractivity contribution in [3.8, 4) is 5.75 Å². The number of aliphatic hydroxyl groups excluding tert-OH is 1. The fourth-order valence-electron chi connectivity index (χ4n) is 5.74. The summed E-state index contributed by atoms with van der Waals surface area (Å²) in [5, 5.41) is 13.9. The van der Waals surface area contributed by atoms with Crippen LogP contribution < -0.4 is 10.1 Å². The molecular weight excluding hydrogens is 388 g/mol. The first-order valence-electron chi connectivity index (χ1n) is 12.0. The quantitative estimate of drug-likeness (QED) is 0.525. The molecule has 0 unspecified atom stereocenters. The Bertz CT molecular complexity index is 740. The normalized spacial score (nSPS) is 26.8. The lowest BCUT2D eigenvalue weighted by Crippen LogP contribution is -2.48. The fraction of sp³-hybridized carbons (Fsp3) is 0.692. The molecule has 3 aliphatic carbocycles. The third kappa shape index (κ3) is 5.16. The molecule has 1 saturated heterocycles. The van der Waals surface area contributed by atoms with Gasteiger partial charge in [0, 0.05) is 19.1 Å². The molecule has 1 aromatic carbocycles. The zero-order valence-corrected chi connectivity index (χ0v) is 19.5. The van der Waals surface area contributed by atoms with Crippen molar-refractivity contribution in [3.05, 3.63) is 41.5 Å². The van der Waals surface area contributed by atoms with Crippen LogP contribution in [0.2, 0.25) is 0 Å². The van der Waals surface area contributed by atoms with Gasteiger partial charge in [-0.3, -0.25) is 4.90 Å². The van der Waals surface area contributed by atoms with Gasteiger partial charge < -0.3 is 19.9 Å². The number of methoxy groups -OCH3 is 1. The van der Waals surface area contributed by atoms with E-state index in [4.69, 9.17) is 9.47 Å². The Morgan fingerprint density at radius 3 is 2.55 bits per heavy atom. The molecule has 5 nitrogen and oxygen atoms in total. The maximum atomic E-state index is 10.4. The van der Waals surface area contributed by atoms with Crippen LogP contribution in [0.15, 0.2) is 35.9 Å². The topological polar surface area (TPSA) is 54.0 Å². The van der Waals surface area contributed by atoms with Crippen molar-refractivity contribution >= 4 is 0 Å². The number of ether oxygens (including phenoxy) is 2. The van der Waals surface area contributed by atoms with E-state index in [9.17, 15) is 5.11 Å². The predicted octanol–water partition coefficient (Wildman–Crippen LogP) is 3.79. The van der Waals surface area contributed by atoms with Crippen LogP contribution in [0.3, 0.4) is 0 Å². The summed E-state index contributed by atoms with van der Waals surface area (Å²) in [4.78, 5) is 2.54. The molecular formula is C26H40N2O3. The molecule has 5 heteroatoms. The van der Waals surface area contributed by atoms with Crippen molar-refractivity contribution in [2.24, 2.45) is 17.3 Å². The summed E-state index contributed by atoms with van der Waals surface area (Å²) in [6.45, 7) is 9.48. The average Bonchev–Trinajstić information content (AvgIpc) is 3.31. The van der Waals surface area contributed by atoms with Gasteiger partial charge in [0.2, 0.25) is 0 Å². The Kier molecular flexibility index (Phi) is 7.37. The van der Waals surface area contributed by atoms with Gasteiger partial charge in [-0.1, -0.05) is 32.1 Å². The SMILES string of the molecule is COc1ccc([C@H](CNC[C@H](O)COCC2=CC[C@H]3C[C@H]2C3(C)C)N2CCCC2)cc1. The number of nitrogens with one attached hydrogen (secondary N) is 1. The molecule has 0 radical (unpaired) electrons. The van der Waals surface area contributed by atoms with Crippen LogP contribution in [0, 0.1) is 17.3 Å². The number of rotatable bonds is 11. The molecule has 31 heavy (non-hydrogen) atoms. The van der Waals surface area contributed by atoms with E-state index in [1.54, 1.807) is 7.11 Å². The van der Waals surface area contributed by atoms with E-state index >= 15 is 0 Å². The Morgan fingerprint density at radius 1 is 1.16 bits per heavy atom. The monoisotopic (exact) mass is 428 g/mol. The molecule has 2 bridgehead atoms. The molecule has 0 aromatic heterocycles. The van der Waals surface area contributed by atoms with E-state index < -0.39 is 6.10 Å². The van der Waals surface area contributed by atoms with Gasteiger partial charge in [0.25, 0.3) is 0 Å². The van der Waals surface area contributed by atoms with Crippen LogP contribution in [0.5, 0.6) is 5.75 Å². The first-order chi connectivity index (χ1) is 15.0. The molecule has 1 aliphatic heterocycles. The minimum atomic E-state index is -0.485. The Hall–Kier alpha value is -1.40. The molecule has 4 atom stereocenters. The summed E-state index contributed by atoms with van der Waals surface area (Å²) >= 11 is 0. The van der Waals surface area contributed by atoms with Gasteiger partial charge in [-0.2, -0.15) is 0 Å². The number of hydrogen-bond donors (Lipinski definition) is 2. The van der Waals surface area contributed by atoms with Gasteiger partial charge in [-0.05, 0) is 79.3 Å². The predicted molar refractivity (Wildman–Crippen MR) is 124 cm³/mol. The number of fused-ring (bicyclic) bond motifs is 1. The van der Waals surface area contributed by atoms with E-state index in [-0.39, 0.29) is 0 Å². The molecule has 172 valence electrons. The van der Waals surface area contributed by atoms with Gasteiger partial charge >= 0.3 is 0 Å². The minimum absolute atomic E-state index is 0.322. The highest BCUT2D eigenvalue weighted by atomic mass is 16.5. The highest BCUT2D eigenvalue weighted by molar-refractivity contribution is 5.29. The van der Waals surface area contributed by atoms with Gasteiger partial charge in [0.05, 0.1) is 26.4 Å². The van der Waals surface area contributed by atoms with Gasteiger partial charge in [-0.25, -0.2) is 0 Å². The highest BCUT2D eigenvalue weighted by Gasteiger charge is 2.50. The molecule has 4 aliphatic rings. The third-order valence-corrected chi connectivity index (χ3v) is 7.96. The van der Waals surface area contributed by atoms with Crippen molar-refractivity contribution in [3.63, 3.8) is 0 Å². The lowest BCUT2D eigenvalue weighted by molar-refractivity contribution is -0.0235. The summed E-state index contributed by atoms with van der Waals surface area (Å²) in [6.07, 6.45) is 6.92. The zero-order valence-electron chi connectivity index (χ0n) is 19.5. The molecule has 1 heterocycles. The van der Waals surface area contributed by atoms with Crippen LogP contribution in [-0.2, 0) is 4.74 Å². The standard InChI is InChI=1S/C26H40N2O3/c1-26(2)21-9-6-20(24(26)14-21)17-31-18-22(29)15-27-16-25(28-12-4-5-13-28)19-7-10-23(30-3)11-8-19/h6-8,10-11,21-22,24-25,27,29H,4-5,9,12-18H2,1-3H3/t21-,22-,24+,25-/m0/s1. The Morgan fingerprint density at radius 2 is 1.90 bits per heavy atom. The van der Waals surface area contributed by atoms with Crippen LogP contribution >= 0.6 is 0 Å². The Balaban J connectivity index is 1.21. The van der Waals surface area contributed by atoms with Crippen LogP contribution in [0.4, 0.5) is 0 Å². The van der Waals surface area contributed by atoms with Crippen molar-refractivity contribution in [1.82, 2.24) is 10.2 Å². The number of aliphatic hydroxyl groups is 1. The number of allylic oxidation sites excluding steroid dienone is 1. The van der Waals surface area contributed by atoms with E-state index in [0.717, 1.165) is 31.3 Å². The summed E-state index contributed by atoms with van der Waals surface area (Å²) in [5.74, 6) is 2.41. The number of nitrogens with zero attached hydrogens (tertiary/aromatic N) is 1. The van der Waals surface area contributed by atoms with Crippen molar-refractivity contribution in [1.29, 1.82) is 0 Å². The first kappa shape index (κ1) is 22.8. The van der Waals surface area contributed by atoms with Crippen LogP contribution in [0.1, 0.15) is 51.1 Å². The second kappa shape index (κ2) is 10.0. The third-order valence-electron chi connectivity index (χ3n) is 7.96. The molecule has 1 aromatic rings. The molecule has 5 rings (SSSR count). The largest absolute Gasteiger partial charge is 0.497 e. The summed E-state index contributed by atoms with van der Waals surface area (Å²) < 4.78 is 11.2. The van der Waals surface area contributed by atoms with E-state index in [1.165, 1.54) is 36.8 Å². The second-order valence-corrected chi connectivity index (χ2v) is 10.2. The van der Waals surface area contributed by atoms with Gasteiger partial charge in [0.15, 0.2) is 0 Å². The molecule has 2 fully saturated rings. The van der Waals surface area contributed by atoms with Gasteiger partial charge in [0.1, 0.15) is 5.75 Å². The average molecular weight is 429 g/mol. The van der Waals surface area contributed by atoms with Gasteiger partial charge in [-0.15, -0.1) is 0 Å². The second-order valence-electron chi connectivity index (χ2n) is 10.2. The smallest absolute Gasteiger partial charge is 0.118 e. The van der Waals surface area contributed by atoms with E-state index in [2.05, 4.69) is 42.3 Å². The van der Waals surface area contributed by atoms with Crippen molar-refractivity contribution in [2.75, 3.05) is 46.5 Å². The summed E-state index contributed by atoms with van der Waals surface area (Å²) in [5.41, 5.74) is 3.17. The van der Waals surface area contributed by atoms with Crippen molar-refractivity contribution < 1.29 is 14.6 Å². The first-order valence-corrected chi connectivity index (χ1v) is 12.0. The van der Waals surface area contributed by atoms with Crippen molar-refractivity contribution in [2.45, 2.75) is 51.7 Å². The minimum Gasteiger partial charge on any atom is -0.497 e. The number of likely N-dealkylation sites (tertiary alicyclic amines) is 1. The van der Waals surface area contributed by atoms with Crippen LogP contribution in [-0.4, -0.2) is 62.6 Å². The molecule has 2 N–H and O–H groups in total. The van der Waals surface area contributed by atoms with E-state index in [0.29, 0.717) is 37.1 Å². The molecule has 0 spiro atoms. The maximum absolute atomic E-state index is 10.4. The molecule has 0 amide bonds. The number of benzene rings is 1. The van der Waals surface area contributed by atoms with Crippen LogP contribution in [0.25, 0.3) is 0 Å². The fourth-order valence-corrected chi connectivity index (χ4v) is 5.74. The lowest BCUT2D eigenvalue weighted by atomic mass is 9.49. The molecule has 1 saturated carbocycles. The zero-order chi connectivity index (χ0) is 21.8. The number of hydrogen-bond acceptors (Lipinski definition) is 5. The Labute approximate surface area is 187 Å². The highest BCUT2D eigenvalue weighted by Crippen LogP contribution is 2.59. The lowest BCUT2D eigenvalue weighted by Gasteiger charge is -2.56. The summed E-state index contributed by atoms with van der Waals surface area (Å²) in [7, 11) is 1.70. The van der Waals surface area contributed by atoms with E-state index in [1.807, 2.05) is 12.1 Å². The maximum Gasteiger partial charge on any atom is 0.118 e.